The maximum atomic E-state index is 5.65. The van der Waals surface area contributed by atoms with Crippen molar-refractivity contribution in [3.63, 3.8) is 0 Å². The largest absolute Gasteiger partial charge is 0.399 e. The van der Waals surface area contributed by atoms with Gasteiger partial charge in [-0.25, -0.2) is 9.97 Å². The quantitative estimate of drug-likeness (QED) is 0.809. The molecule has 0 bridgehead atoms. The molecule has 1 aromatic heterocycles. The SMILES string of the molecule is CCc1cc(NCc2ccc(N)cc2)nc(C)n1. The van der Waals surface area contributed by atoms with E-state index in [0.717, 1.165) is 36.0 Å². The summed E-state index contributed by atoms with van der Waals surface area (Å²) in [6.45, 7) is 4.74. The Hall–Kier alpha value is -2.10. The summed E-state index contributed by atoms with van der Waals surface area (Å²) in [7, 11) is 0. The molecular formula is C14H18N4. The molecule has 0 fully saturated rings. The molecule has 0 spiro atoms. The molecule has 2 rings (SSSR count). The predicted molar refractivity (Wildman–Crippen MR) is 74.3 cm³/mol. The third kappa shape index (κ3) is 3.20. The van der Waals surface area contributed by atoms with Gasteiger partial charge in [0.25, 0.3) is 0 Å². The molecule has 0 saturated heterocycles. The highest BCUT2D eigenvalue weighted by Gasteiger charge is 2.00. The molecule has 0 atom stereocenters. The fraction of sp³-hybridized carbons (Fsp3) is 0.286. The average molecular weight is 242 g/mol. The van der Waals surface area contributed by atoms with Gasteiger partial charge in [-0.3, -0.25) is 0 Å². The van der Waals surface area contributed by atoms with Crippen LogP contribution in [-0.4, -0.2) is 9.97 Å². The van der Waals surface area contributed by atoms with Crippen LogP contribution in [-0.2, 0) is 13.0 Å². The fourth-order valence-electron chi connectivity index (χ4n) is 1.73. The van der Waals surface area contributed by atoms with Crippen molar-refractivity contribution in [2.75, 3.05) is 11.1 Å². The Morgan fingerprint density at radius 1 is 1.17 bits per heavy atom. The summed E-state index contributed by atoms with van der Waals surface area (Å²) in [6.07, 6.45) is 0.917. The molecule has 2 aromatic rings. The van der Waals surface area contributed by atoms with E-state index < -0.39 is 0 Å². The van der Waals surface area contributed by atoms with Crippen LogP contribution in [0.4, 0.5) is 11.5 Å². The molecule has 4 nitrogen and oxygen atoms in total. The summed E-state index contributed by atoms with van der Waals surface area (Å²) in [5.41, 5.74) is 8.67. The number of nitrogens with two attached hydrogens (primary N) is 1. The lowest BCUT2D eigenvalue weighted by Crippen LogP contribution is -2.04. The maximum Gasteiger partial charge on any atom is 0.130 e. The highest BCUT2D eigenvalue weighted by Crippen LogP contribution is 2.10. The molecule has 1 heterocycles. The summed E-state index contributed by atoms with van der Waals surface area (Å²) >= 11 is 0. The Labute approximate surface area is 107 Å². The minimum absolute atomic E-state index is 0.736. The van der Waals surface area contributed by atoms with E-state index in [0.29, 0.717) is 0 Å². The summed E-state index contributed by atoms with van der Waals surface area (Å²) in [5.74, 6) is 1.67. The van der Waals surface area contributed by atoms with Crippen LogP contribution in [0.1, 0.15) is 24.0 Å². The van der Waals surface area contributed by atoms with Gasteiger partial charge < -0.3 is 11.1 Å². The van der Waals surface area contributed by atoms with Gasteiger partial charge in [0, 0.05) is 24.0 Å². The summed E-state index contributed by atoms with van der Waals surface area (Å²) in [6, 6.07) is 9.82. The smallest absolute Gasteiger partial charge is 0.130 e. The van der Waals surface area contributed by atoms with E-state index in [-0.39, 0.29) is 0 Å². The van der Waals surface area contributed by atoms with Crippen LogP contribution >= 0.6 is 0 Å². The number of aromatic nitrogens is 2. The van der Waals surface area contributed by atoms with Gasteiger partial charge in [0.05, 0.1) is 0 Å². The van der Waals surface area contributed by atoms with Gasteiger partial charge >= 0.3 is 0 Å². The highest BCUT2D eigenvalue weighted by molar-refractivity contribution is 5.41. The average Bonchev–Trinajstić information content (AvgIpc) is 2.37. The van der Waals surface area contributed by atoms with Crippen LogP contribution in [0, 0.1) is 6.92 Å². The first kappa shape index (κ1) is 12.4. The van der Waals surface area contributed by atoms with Crippen LogP contribution in [0.15, 0.2) is 30.3 Å². The number of hydrogen-bond acceptors (Lipinski definition) is 4. The predicted octanol–water partition coefficient (Wildman–Crippen LogP) is 2.54. The summed E-state index contributed by atoms with van der Waals surface area (Å²) < 4.78 is 0. The maximum absolute atomic E-state index is 5.65. The Kier molecular flexibility index (Phi) is 3.77. The van der Waals surface area contributed by atoms with Gasteiger partial charge in [-0.2, -0.15) is 0 Å². The number of nitrogens with one attached hydrogen (secondary N) is 1. The second-order valence-corrected chi connectivity index (χ2v) is 4.24. The lowest BCUT2D eigenvalue weighted by atomic mass is 10.2. The summed E-state index contributed by atoms with van der Waals surface area (Å²) in [5, 5.41) is 3.30. The first-order valence-electron chi connectivity index (χ1n) is 6.10. The van der Waals surface area contributed by atoms with Gasteiger partial charge in [-0.05, 0) is 31.0 Å². The normalized spacial score (nSPS) is 10.3. The molecule has 18 heavy (non-hydrogen) atoms. The lowest BCUT2D eigenvalue weighted by molar-refractivity contribution is 0.941. The summed E-state index contributed by atoms with van der Waals surface area (Å²) in [4.78, 5) is 8.72. The van der Waals surface area contributed by atoms with Crippen molar-refractivity contribution in [2.24, 2.45) is 0 Å². The number of hydrogen-bond donors (Lipinski definition) is 2. The second kappa shape index (κ2) is 5.49. The van der Waals surface area contributed by atoms with Crippen molar-refractivity contribution in [3.05, 3.63) is 47.4 Å². The number of nitrogens with zero attached hydrogens (tertiary/aromatic N) is 2. The third-order valence-corrected chi connectivity index (χ3v) is 2.71. The van der Waals surface area contributed by atoms with Crippen molar-refractivity contribution >= 4 is 11.5 Å². The van der Waals surface area contributed by atoms with Crippen LogP contribution in [0.5, 0.6) is 0 Å². The molecule has 0 aliphatic carbocycles. The van der Waals surface area contributed by atoms with Gasteiger partial charge in [0.1, 0.15) is 11.6 Å². The molecule has 4 heteroatoms. The van der Waals surface area contributed by atoms with E-state index in [1.807, 2.05) is 37.3 Å². The van der Waals surface area contributed by atoms with E-state index in [1.54, 1.807) is 0 Å². The lowest BCUT2D eigenvalue weighted by Gasteiger charge is -2.08. The molecule has 1 aromatic carbocycles. The third-order valence-electron chi connectivity index (χ3n) is 2.71. The first-order valence-corrected chi connectivity index (χ1v) is 6.10. The van der Waals surface area contributed by atoms with Crippen molar-refractivity contribution in [1.29, 1.82) is 0 Å². The molecular weight excluding hydrogens is 224 g/mol. The minimum Gasteiger partial charge on any atom is -0.399 e. The van der Waals surface area contributed by atoms with Crippen molar-refractivity contribution in [1.82, 2.24) is 9.97 Å². The van der Waals surface area contributed by atoms with Crippen molar-refractivity contribution in [2.45, 2.75) is 26.8 Å². The number of benzene rings is 1. The molecule has 0 saturated carbocycles. The Morgan fingerprint density at radius 3 is 2.56 bits per heavy atom. The molecule has 0 aliphatic rings. The Bertz CT molecular complexity index is 520. The number of anilines is 2. The second-order valence-electron chi connectivity index (χ2n) is 4.24. The zero-order chi connectivity index (χ0) is 13.0. The molecule has 0 aliphatic heterocycles. The monoisotopic (exact) mass is 242 g/mol. The van der Waals surface area contributed by atoms with Crippen LogP contribution < -0.4 is 11.1 Å². The molecule has 3 N–H and O–H groups in total. The number of aryl methyl sites for hydroxylation is 2. The molecule has 94 valence electrons. The van der Waals surface area contributed by atoms with E-state index in [4.69, 9.17) is 5.73 Å². The molecule has 0 unspecified atom stereocenters. The van der Waals surface area contributed by atoms with Crippen molar-refractivity contribution < 1.29 is 0 Å². The zero-order valence-corrected chi connectivity index (χ0v) is 10.8. The number of rotatable bonds is 4. The minimum atomic E-state index is 0.736. The highest BCUT2D eigenvalue weighted by atomic mass is 15.0. The molecule has 0 radical (unpaired) electrons. The van der Waals surface area contributed by atoms with Crippen LogP contribution in [0.2, 0.25) is 0 Å². The van der Waals surface area contributed by atoms with Crippen LogP contribution in [0.25, 0.3) is 0 Å². The van der Waals surface area contributed by atoms with Gasteiger partial charge in [0.2, 0.25) is 0 Å². The molecule has 0 amide bonds. The zero-order valence-electron chi connectivity index (χ0n) is 10.8. The Balaban J connectivity index is 2.05. The fourth-order valence-corrected chi connectivity index (χ4v) is 1.73. The van der Waals surface area contributed by atoms with E-state index in [9.17, 15) is 0 Å². The van der Waals surface area contributed by atoms with Crippen molar-refractivity contribution in [3.8, 4) is 0 Å². The van der Waals surface area contributed by atoms with Crippen LogP contribution in [0.3, 0.4) is 0 Å². The first-order chi connectivity index (χ1) is 8.67. The van der Waals surface area contributed by atoms with E-state index in [2.05, 4.69) is 22.2 Å². The van der Waals surface area contributed by atoms with E-state index in [1.165, 1.54) is 5.56 Å². The topological polar surface area (TPSA) is 63.8 Å². The number of nitrogen functional groups attached to an aromatic ring is 1. The van der Waals surface area contributed by atoms with Gasteiger partial charge in [-0.1, -0.05) is 19.1 Å². The van der Waals surface area contributed by atoms with Gasteiger partial charge in [-0.15, -0.1) is 0 Å². The van der Waals surface area contributed by atoms with E-state index >= 15 is 0 Å². The Morgan fingerprint density at radius 2 is 1.89 bits per heavy atom. The standard InChI is InChI=1S/C14H18N4/c1-3-13-8-14(18-10(2)17-13)16-9-11-4-6-12(15)7-5-11/h4-8H,3,9,15H2,1-2H3,(H,16,17,18). The van der Waals surface area contributed by atoms with Gasteiger partial charge in [0.15, 0.2) is 0 Å².